The van der Waals surface area contributed by atoms with Gasteiger partial charge in [-0.25, -0.2) is 5.43 Å². The maximum atomic E-state index is 12.2. The molecular weight excluding hydrogens is 472 g/mol. The van der Waals surface area contributed by atoms with Crippen LogP contribution >= 0.6 is 11.6 Å². The van der Waals surface area contributed by atoms with E-state index in [0.29, 0.717) is 28.6 Å². The Bertz CT molecular complexity index is 1220. The van der Waals surface area contributed by atoms with Gasteiger partial charge >= 0.3 is 11.8 Å². The molecule has 0 heterocycles. The van der Waals surface area contributed by atoms with Gasteiger partial charge in [-0.1, -0.05) is 60.1 Å². The first-order valence-electron chi connectivity index (χ1n) is 10.5. The van der Waals surface area contributed by atoms with E-state index in [0.717, 1.165) is 5.56 Å². The molecule has 0 atom stereocenters. The molecule has 0 aromatic heterocycles. The van der Waals surface area contributed by atoms with Crippen molar-refractivity contribution in [1.29, 1.82) is 0 Å². The minimum absolute atomic E-state index is 0.253. The normalized spacial score (nSPS) is 10.5. The molecule has 180 valence electrons. The summed E-state index contributed by atoms with van der Waals surface area (Å²) in [6, 6.07) is 21.0. The number of carbonyl (C=O) groups excluding carboxylic acids is 3. The van der Waals surface area contributed by atoms with Crippen LogP contribution in [0.1, 0.15) is 11.1 Å². The molecule has 0 unspecified atom stereocenters. The molecular formula is C25H23ClN4O5. The van der Waals surface area contributed by atoms with Crippen molar-refractivity contribution in [3.05, 3.63) is 88.9 Å². The Morgan fingerprint density at radius 3 is 2.43 bits per heavy atom. The van der Waals surface area contributed by atoms with E-state index in [-0.39, 0.29) is 18.3 Å². The molecule has 3 rings (SSSR count). The highest BCUT2D eigenvalue weighted by molar-refractivity contribution is 6.41. The summed E-state index contributed by atoms with van der Waals surface area (Å²) in [7, 11) is 1.46. The van der Waals surface area contributed by atoms with Crippen molar-refractivity contribution in [2.24, 2.45) is 5.10 Å². The smallest absolute Gasteiger partial charge is 0.329 e. The lowest BCUT2D eigenvalue weighted by Crippen LogP contribution is -2.32. The zero-order valence-electron chi connectivity index (χ0n) is 18.8. The summed E-state index contributed by atoms with van der Waals surface area (Å²) < 4.78 is 11.0. The second kappa shape index (κ2) is 12.8. The maximum absolute atomic E-state index is 12.2. The van der Waals surface area contributed by atoms with Crippen LogP contribution in [0.3, 0.4) is 0 Å². The van der Waals surface area contributed by atoms with Crippen LogP contribution in [0.2, 0.25) is 5.02 Å². The molecule has 3 aromatic rings. The first-order valence-corrected chi connectivity index (χ1v) is 10.8. The minimum atomic E-state index is -0.994. The number of hydrazone groups is 1. The molecule has 0 radical (unpaired) electrons. The Balaban J connectivity index is 1.58. The molecule has 0 spiro atoms. The van der Waals surface area contributed by atoms with E-state index in [4.69, 9.17) is 21.1 Å². The highest BCUT2D eigenvalue weighted by Gasteiger charge is 2.15. The Kier molecular flexibility index (Phi) is 9.21. The highest BCUT2D eigenvalue weighted by Crippen LogP contribution is 2.30. The molecule has 0 aliphatic rings. The molecule has 0 aliphatic carbocycles. The number of benzene rings is 3. The fourth-order valence-electron chi connectivity index (χ4n) is 2.89. The van der Waals surface area contributed by atoms with Gasteiger partial charge in [0.25, 0.3) is 5.91 Å². The summed E-state index contributed by atoms with van der Waals surface area (Å²) >= 11 is 5.98. The van der Waals surface area contributed by atoms with Crippen molar-refractivity contribution >= 4 is 41.2 Å². The fourth-order valence-corrected chi connectivity index (χ4v) is 3.07. The molecule has 0 aliphatic heterocycles. The SMILES string of the molecule is COc1cccc(/C=N\NC(=O)C(=O)Nc2ccccc2Cl)c1OCC(=O)NCc1ccccc1. The summed E-state index contributed by atoms with van der Waals surface area (Å²) in [5.41, 5.74) is 3.82. The summed E-state index contributed by atoms with van der Waals surface area (Å²) in [4.78, 5) is 36.4. The van der Waals surface area contributed by atoms with E-state index in [1.807, 2.05) is 30.3 Å². The van der Waals surface area contributed by atoms with Crippen molar-refractivity contribution in [2.75, 3.05) is 19.0 Å². The number of para-hydroxylation sites is 2. The zero-order chi connectivity index (χ0) is 25.0. The average molecular weight is 495 g/mol. The van der Waals surface area contributed by atoms with Gasteiger partial charge in [0, 0.05) is 12.1 Å². The number of nitrogens with one attached hydrogen (secondary N) is 3. The van der Waals surface area contributed by atoms with Crippen molar-refractivity contribution in [1.82, 2.24) is 10.7 Å². The number of amides is 3. The lowest BCUT2D eigenvalue weighted by atomic mass is 10.2. The number of anilines is 1. The number of methoxy groups -OCH3 is 1. The van der Waals surface area contributed by atoms with Crippen LogP contribution in [-0.4, -0.2) is 37.7 Å². The monoisotopic (exact) mass is 494 g/mol. The topological polar surface area (TPSA) is 118 Å². The van der Waals surface area contributed by atoms with Gasteiger partial charge in [-0.3, -0.25) is 14.4 Å². The van der Waals surface area contributed by atoms with Gasteiger partial charge in [-0.05, 0) is 29.8 Å². The van der Waals surface area contributed by atoms with E-state index in [9.17, 15) is 14.4 Å². The predicted molar refractivity (Wildman–Crippen MR) is 133 cm³/mol. The van der Waals surface area contributed by atoms with Gasteiger partial charge in [-0.2, -0.15) is 5.10 Å². The Morgan fingerprint density at radius 1 is 0.943 bits per heavy atom. The van der Waals surface area contributed by atoms with Crippen molar-refractivity contribution in [3.8, 4) is 11.5 Å². The van der Waals surface area contributed by atoms with Crippen LogP contribution in [0.5, 0.6) is 11.5 Å². The van der Waals surface area contributed by atoms with Gasteiger partial charge in [0.1, 0.15) is 0 Å². The Hall–Kier alpha value is -4.37. The second-order valence-electron chi connectivity index (χ2n) is 7.06. The molecule has 3 amide bonds. The third kappa shape index (κ3) is 7.58. The summed E-state index contributed by atoms with van der Waals surface area (Å²) in [5, 5.41) is 9.28. The van der Waals surface area contributed by atoms with Crippen LogP contribution in [0.15, 0.2) is 77.9 Å². The second-order valence-corrected chi connectivity index (χ2v) is 7.47. The minimum Gasteiger partial charge on any atom is -0.493 e. The summed E-state index contributed by atoms with van der Waals surface area (Å²) in [5.74, 6) is -1.64. The molecule has 35 heavy (non-hydrogen) atoms. The van der Waals surface area contributed by atoms with Crippen LogP contribution in [0.4, 0.5) is 5.69 Å². The van der Waals surface area contributed by atoms with Crippen LogP contribution < -0.4 is 25.5 Å². The van der Waals surface area contributed by atoms with Crippen molar-refractivity contribution in [3.63, 3.8) is 0 Å². The van der Waals surface area contributed by atoms with E-state index in [1.165, 1.54) is 13.3 Å². The molecule has 9 nitrogen and oxygen atoms in total. The number of hydrogen-bond acceptors (Lipinski definition) is 6. The first-order chi connectivity index (χ1) is 17.0. The zero-order valence-corrected chi connectivity index (χ0v) is 19.5. The number of ether oxygens (including phenoxy) is 2. The number of halogens is 1. The number of nitrogens with zero attached hydrogens (tertiary/aromatic N) is 1. The number of carbonyl (C=O) groups is 3. The fraction of sp³-hybridized carbons (Fsp3) is 0.120. The number of rotatable bonds is 9. The Morgan fingerprint density at radius 2 is 1.69 bits per heavy atom. The van der Waals surface area contributed by atoms with Gasteiger partial charge in [0.15, 0.2) is 18.1 Å². The third-order valence-electron chi connectivity index (χ3n) is 4.61. The largest absolute Gasteiger partial charge is 0.493 e. The highest BCUT2D eigenvalue weighted by atomic mass is 35.5. The standard InChI is InChI=1S/C25H23ClN4O5/c1-34-21-13-7-10-18(23(21)35-16-22(31)27-14-17-8-3-2-4-9-17)15-28-30-25(33)24(32)29-20-12-6-5-11-19(20)26/h2-13,15H,14,16H2,1H3,(H,27,31)(H,29,32)(H,30,33)/b28-15-. The maximum Gasteiger partial charge on any atom is 0.329 e. The molecule has 0 saturated carbocycles. The summed E-state index contributed by atoms with van der Waals surface area (Å²) in [6.45, 7) is 0.103. The van der Waals surface area contributed by atoms with Crippen LogP contribution in [-0.2, 0) is 20.9 Å². The third-order valence-corrected chi connectivity index (χ3v) is 4.94. The Labute approximate surface area is 207 Å². The van der Waals surface area contributed by atoms with Crippen LogP contribution in [0.25, 0.3) is 0 Å². The van der Waals surface area contributed by atoms with E-state index in [1.54, 1.807) is 42.5 Å². The van der Waals surface area contributed by atoms with Crippen LogP contribution in [0, 0.1) is 0 Å². The lowest BCUT2D eigenvalue weighted by molar-refractivity contribution is -0.136. The van der Waals surface area contributed by atoms with Gasteiger partial charge in [0.2, 0.25) is 0 Å². The molecule has 0 fully saturated rings. The van der Waals surface area contributed by atoms with Crippen molar-refractivity contribution in [2.45, 2.75) is 6.54 Å². The quantitative estimate of drug-likeness (QED) is 0.240. The van der Waals surface area contributed by atoms with E-state index >= 15 is 0 Å². The molecule has 3 N–H and O–H groups in total. The molecule has 0 bridgehead atoms. The van der Waals surface area contributed by atoms with E-state index < -0.39 is 11.8 Å². The van der Waals surface area contributed by atoms with E-state index in [2.05, 4.69) is 21.2 Å². The predicted octanol–water partition coefficient (Wildman–Crippen LogP) is 3.13. The van der Waals surface area contributed by atoms with Crippen molar-refractivity contribution < 1.29 is 23.9 Å². The van der Waals surface area contributed by atoms with Gasteiger partial charge in [0.05, 0.1) is 24.0 Å². The molecule has 3 aromatic carbocycles. The molecule has 0 saturated heterocycles. The molecule has 10 heteroatoms. The number of hydrogen-bond donors (Lipinski definition) is 3. The van der Waals surface area contributed by atoms with Gasteiger partial charge < -0.3 is 20.1 Å². The average Bonchev–Trinajstić information content (AvgIpc) is 2.88. The lowest BCUT2D eigenvalue weighted by Gasteiger charge is -2.13. The first kappa shape index (κ1) is 25.3. The summed E-state index contributed by atoms with van der Waals surface area (Å²) in [6.07, 6.45) is 1.28. The van der Waals surface area contributed by atoms with Gasteiger partial charge in [-0.15, -0.1) is 0 Å².